The average Bonchev–Trinajstić information content (AvgIpc) is 2.82. The third kappa shape index (κ3) is 1.82. The van der Waals surface area contributed by atoms with Crippen molar-refractivity contribution in [3.63, 3.8) is 0 Å². The summed E-state index contributed by atoms with van der Waals surface area (Å²) in [4.78, 5) is 16.8. The molecule has 0 aliphatic carbocycles. The zero-order valence-electron chi connectivity index (χ0n) is 9.74. The van der Waals surface area contributed by atoms with Gasteiger partial charge in [-0.1, -0.05) is 0 Å². The van der Waals surface area contributed by atoms with Crippen molar-refractivity contribution < 1.29 is 4.79 Å². The van der Waals surface area contributed by atoms with Crippen LogP contribution < -0.4 is 10.6 Å². The van der Waals surface area contributed by atoms with Crippen molar-refractivity contribution in [3.05, 3.63) is 16.6 Å². The summed E-state index contributed by atoms with van der Waals surface area (Å²) in [5.41, 5.74) is 2.24. The third-order valence-electron chi connectivity index (χ3n) is 4.12. The molecule has 1 aromatic rings. The fraction of sp³-hybridized carbons (Fsp3) is 0.667. The Morgan fingerprint density at radius 2 is 2.12 bits per heavy atom. The number of carbonyl (C=O) groups is 1. The highest BCUT2D eigenvalue weighted by molar-refractivity contribution is 7.07. The molecule has 0 atom stereocenters. The van der Waals surface area contributed by atoms with E-state index in [0.29, 0.717) is 11.6 Å². The number of rotatable bonds is 3. The number of aromatic nitrogens is 1. The van der Waals surface area contributed by atoms with Crippen LogP contribution in [0, 0.1) is 11.3 Å². The van der Waals surface area contributed by atoms with Crippen molar-refractivity contribution in [2.75, 3.05) is 26.2 Å². The summed E-state index contributed by atoms with van der Waals surface area (Å²) in [5, 5.41) is 8.52. The molecule has 3 heterocycles. The van der Waals surface area contributed by atoms with E-state index in [9.17, 15) is 4.79 Å². The standard InChI is InChI=1S/C12H17N3OS/c16-11(10-5-17-8-15-10)12(6-14-7-12)9-1-3-13-4-2-9/h5,8-9,13-14H,1-4,6-7H2. The van der Waals surface area contributed by atoms with Gasteiger partial charge in [0.05, 0.1) is 10.9 Å². The van der Waals surface area contributed by atoms with E-state index in [1.807, 2.05) is 5.38 Å². The van der Waals surface area contributed by atoms with Gasteiger partial charge in [-0.3, -0.25) is 4.79 Å². The number of carbonyl (C=O) groups excluding carboxylic acids is 1. The molecule has 0 bridgehead atoms. The quantitative estimate of drug-likeness (QED) is 0.784. The van der Waals surface area contributed by atoms with Crippen molar-refractivity contribution in [2.45, 2.75) is 12.8 Å². The lowest BCUT2D eigenvalue weighted by atomic mass is 9.64. The summed E-state index contributed by atoms with van der Waals surface area (Å²) >= 11 is 1.50. The largest absolute Gasteiger partial charge is 0.317 e. The molecule has 2 saturated heterocycles. The lowest BCUT2D eigenvalue weighted by molar-refractivity contribution is 0.0389. The van der Waals surface area contributed by atoms with Crippen LogP contribution >= 0.6 is 11.3 Å². The lowest BCUT2D eigenvalue weighted by Gasteiger charge is -2.48. The minimum absolute atomic E-state index is 0.170. The van der Waals surface area contributed by atoms with E-state index in [-0.39, 0.29) is 11.2 Å². The fourth-order valence-corrected chi connectivity index (χ4v) is 3.52. The highest BCUT2D eigenvalue weighted by atomic mass is 32.1. The van der Waals surface area contributed by atoms with Crippen LogP contribution in [0.5, 0.6) is 0 Å². The molecule has 0 radical (unpaired) electrons. The minimum atomic E-state index is -0.170. The molecule has 4 nitrogen and oxygen atoms in total. The molecule has 3 rings (SSSR count). The van der Waals surface area contributed by atoms with Crippen molar-refractivity contribution >= 4 is 17.1 Å². The minimum Gasteiger partial charge on any atom is -0.317 e. The monoisotopic (exact) mass is 251 g/mol. The summed E-state index contributed by atoms with van der Waals surface area (Å²) in [7, 11) is 0. The predicted octanol–water partition coefficient (Wildman–Crippen LogP) is 0.915. The van der Waals surface area contributed by atoms with E-state index in [1.165, 1.54) is 11.3 Å². The second-order valence-corrected chi connectivity index (χ2v) is 5.71. The summed E-state index contributed by atoms with van der Waals surface area (Å²) in [6.07, 6.45) is 2.22. The van der Waals surface area contributed by atoms with Crippen LogP contribution in [0.2, 0.25) is 0 Å². The summed E-state index contributed by atoms with van der Waals surface area (Å²) in [5.74, 6) is 0.767. The highest BCUT2D eigenvalue weighted by Gasteiger charge is 2.50. The summed E-state index contributed by atoms with van der Waals surface area (Å²) < 4.78 is 0. The van der Waals surface area contributed by atoms with E-state index in [0.717, 1.165) is 39.0 Å². The van der Waals surface area contributed by atoms with Crippen LogP contribution in [0.1, 0.15) is 23.3 Å². The first-order valence-electron chi connectivity index (χ1n) is 6.17. The van der Waals surface area contributed by atoms with Crippen LogP contribution in [0.15, 0.2) is 10.9 Å². The Hall–Kier alpha value is -0.780. The van der Waals surface area contributed by atoms with Crippen LogP contribution in [0.4, 0.5) is 0 Å². The van der Waals surface area contributed by atoms with E-state index in [4.69, 9.17) is 0 Å². The zero-order valence-corrected chi connectivity index (χ0v) is 10.6. The predicted molar refractivity (Wildman–Crippen MR) is 67.3 cm³/mol. The van der Waals surface area contributed by atoms with Crippen LogP contribution in [-0.2, 0) is 0 Å². The molecule has 2 N–H and O–H groups in total. The second-order valence-electron chi connectivity index (χ2n) is 4.99. The van der Waals surface area contributed by atoms with Gasteiger partial charge in [-0.25, -0.2) is 4.98 Å². The normalized spacial score (nSPS) is 24.2. The maximum atomic E-state index is 12.6. The molecule has 2 aliphatic rings. The van der Waals surface area contributed by atoms with Gasteiger partial charge in [0.25, 0.3) is 0 Å². The van der Waals surface area contributed by atoms with Gasteiger partial charge in [0, 0.05) is 18.5 Å². The zero-order chi connectivity index (χ0) is 11.7. The van der Waals surface area contributed by atoms with Gasteiger partial charge in [-0.2, -0.15) is 0 Å². The Labute approximate surface area is 105 Å². The maximum Gasteiger partial charge on any atom is 0.190 e. The van der Waals surface area contributed by atoms with Gasteiger partial charge >= 0.3 is 0 Å². The molecule has 0 spiro atoms. The molecule has 17 heavy (non-hydrogen) atoms. The van der Waals surface area contributed by atoms with Crippen molar-refractivity contribution in [2.24, 2.45) is 11.3 Å². The molecule has 0 saturated carbocycles. The molecule has 0 amide bonds. The third-order valence-corrected chi connectivity index (χ3v) is 4.71. The van der Waals surface area contributed by atoms with Crippen molar-refractivity contribution in [1.29, 1.82) is 0 Å². The van der Waals surface area contributed by atoms with Gasteiger partial charge in [0.1, 0.15) is 5.69 Å². The van der Waals surface area contributed by atoms with Gasteiger partial charge < -0.3 is 10.6 Å². The van der Waals surface area contributed by atoms with E-state index in [2.05, 4.69) is 15.6 Å². The Balaban J connectivity index is 1.83. The molecule has 1 aromatic heterocycles. The molecule has 92 valence electrons. The first-order chi connectivity index (χ1) is 8.33. The highest BCUT2D eigenvalue weighted by Crippen LogP contribution is 2.40. The van der Waals surface area contributed by atoms with Crippen LogP contribution in [0.25, 0.3) is 0 Å². The lowest BCUT2D eigenvalue weighted by Crippen LogP contribution is -2.63. The number of ketones is 1. The molecule has 2 fully saturated rings. The molecule has 0 aromatic carbocycles. The van der Waals surface area contributed by atoms with Crippen molar-refractivity contribution in [3.8, 4) is 0 Å². The average molecular weight is 251 g/mol. The van der Waals surface area contributed by atoms with Crippen LogP contribution in [-0.4, -0.2) is 36.9 Å². The Morgan fingerprint density at radius 1 is 1.35 bits per heavy atom. The molecule has 2 aliphatic heterocycles. The van der Waals surface area contributed by atoms with Crippen LogP contribution in [0.3, 0.4) is 0 Å². The van der Waals surface area contributed by atoms with Gasteiger partial charge in [0.15, 0.2) is 5.78 Å². The van der Waals surface area contributed by atoms with E-state index >= 15 is 0 Å². The smallest absolute Gasteiger partial charge is 0.190 e. The first kappa shape index (κ1) is 11.3. The first-order valence-corrected chi connectivity index (χ1v) is 7.12. The number of Topliss-reactive ketones (excluding diaryl/α,β-unsaturated/α-hetero) is 1. The number of thiazole rings is 1. The topological polar surface area (TPSA) is 54.0 Å². The number of hydrogen-bond donors (Lipinski definition) is 2. The molecular weight excluding hydrogens is 234 g/mol. The summed E-state index contributed by atoms with van der Waals surface area (Å²) in [6.45, 7) is 3.73. The Morgan fingerprint density at radius 3 is 2.65 bits per heavy atom. The van der Waals surface area contributed by atoms with E-state index < -0.39 is 0 Å². The number of hydrogen-bond acceptors (Lipinski definition) is 5. The number of piperidine rings is 1. The molecule has 5 heteroatoms. The molecular formula is C12H17N3OS. The fourth-order valence-electron chi connectivity index (χ4n) is 2.98. The van der Waals surface area contributed by atoms with Gasteiger partial charge in [0.2, 0.25) is 0 Å². The van der Waals surface area contributed by atoms with Crippen molar-refractivity contribution in [1.82, 2.24) is 15.6 Å². The number of nitrogens with zero attached hydrogens (tertiary/aromatic N) is 1. The summed E-state index contributed by atoms with van der Waals surface area (Å²) in [6, 6.07) is 0. The second kappa shape index (κ2) is 4.48. The SMILES string of the molecule is O=C(c1cscn1)C1(C2CCNCC2)CNC1. The Kier molecular flexibility index (Phi) is 2.98. The Bertz CT molecular complexity index is 394. The van der Waals surface area contributed by atoms with Gasteiger partial charge in [-0.15, -0.1) is 11.3 Å². The molecule has 0 unspecified atom stereocenters. The number of nitrogens with one attached hydrogen (secondary N) is 2. The van der Waals surface area contributed by atoms with E-state index in [1.54, 1.807) is 5.51 Å². The van der Waals surface area contributed by atoms with Gasteiger partial charge in [-0.05, 0) is 31.8 Å². The maximum absolute atomic E-state index is 12.6.